The molecule has 1 saturated heterocycles. The van der Waals surface area contributed by atoms with E-state index in [9.17, 15) is 30.0 Å². The number of aliphatic hydroxyl groups excluding tert-OH is 4. The van der Waals surface area contributed by atoms with Crippen LogP contribution in [0, 0.1) is 0 Å². The lowest BCUT2D eigenvalue weighted by molar-refractivity contribution is -0.305. The van der Waals surface area contributed by atoms with Gasteiger partial charge in [0.15, 0.2) is 12.4 Å². The molecule has 0 aromatic heterocycles. The van der Waals surface area contributed by atoms with Gasteiger partial charge in [0, 0.05) is 12.8 Å². The van der Waals surface area contributed by atoms with E-state index in [-0.39, 0.29) is 26.1 Å². The van der Waals surface area contributed by atoms with Crippen molar-refractivity contribution in [1.29, 1.82) is 0 Å². The summed E-state index contributed by atoms with van der Waals surface area (Å²) in [6.45, 7) is 3.32. The van der Waals surface area contributed by atoms with Crippen molar-refractivity contribution in [2.75, 3.05) is 19.8 Å². The van der Waals surface area contributed by atoms with Crippen LogP contribution in [-0.2, 0) is 28.5 Å². The largest absolute Gasteiger partial charge is 0.462 e. The lowest BCUT2D eigenvalue weighted by atomic mass is 9.99. The van der Waals surface area contributed by atoms with Gasteiger partial charge in [0.1, 0.15) is 31.0 Å². The van der Waals surface area contributed by atoms with Crippen molar-refractivity contribution >= 4 is 11.9 Å². The first kappa shape index (κ1) is 56.2. The highest BCUT2D eigenvalue weighted by Gasteiger charge is 2.44. The highest BCUT2D eigenvalue weighted by Crippen LogP contribution is 2.22. The number of hydrogen-bond donors (Lipinski definition) is 4. The van der Waals surface area contributed by atoms with E-state index in [0.29, 0.717) is 12.8 Å². The van der Waals surface area contributed by atoms with Gasteiger partial charge < -0.3 is 39.4 Å². The number of hydrogen-bond acceptors (Lipinski definition) is 10. The summed E-state index contributed by atoms with van der Waals surface area (Å²) in [5.74, 6) is -0.900. The quantitative estimate of drug-likeness (QED) is 0.0267. The van der Waals surface area contributed by atoms with Gasteiger partial charge in [-0.15, -0.1) is 0 Å². The first-order valence-electron chi connectivity index (χ1n) is 24.0. The van der Waals surface area contributed by atoms with Crippen molar-refractivity contribution in [3.63, 3.8) is 0 Å². The highest BCUT2D eigenvalue weighted by molar-refractivity contribution is 5.70. The summed E-state index contributed by atoms with van der Waals surface area (Å²) < 4.78 is 22.1. The third-order valence-electron chi connectivity index (χ3n) is 10.6. The summed E-state index contributed by atoms with van der Waals surface area (Å²) in [5, 5.41) is 40.1. The third-order valence-corrected chi connectivity index (χ3v) is 10.6. The van der Waals surface area contributed by atoms with Crippen LogP contribution in [0.4, 0.5) is 0 Å². The van der Waals surface area contributed by atoms with E-state index in [2.05, 4.69) is 86.8 Å². The van der Waals surface area contributed by atoms with Crippen molar-refractivity contribution in [2.45, 2.75) is 218 Å². The van der Waals surface area contributed by atoms with E-state index in [1.807, 2.05) is 0 Å². The Morgan fingerprint density at radius 1 is 0.508 bits per heavy atom. The average Bonchev–Trinajstić information content (AvgIpc) is 3.26. The van der Waals surface area contributed by atoms with Crippen LogP contribution in [0.3, 0.4) is 0 Å². The van der Waals surface area contributed by atoms with Crippen LogP contribution in [0.5, 0.6) is 0 Å². The van der Waals surface area contributed by atoms with E-state index in [1.54, 1.807) is 0 Å². The van der Waals surface area contributed by atoms with E-state index >= 15 is 0 Å². The molecule has 350 valence electrons. The second-order valence-corrected chi connectivity index (χ2v) is 16.2. The minimum absolute atomic E-state index is 0.180. The molecule has 0 spiro atoms. The minimum atomic E-state index is -1.61. The number of esters is 2. The monoisotopic (exact) mass is 859 g/mol. The SMILES string of the molecule is CCCCC/C=C/C/C=C/C/C=C/C/C=C/CCCCCC(=O)O[C@H](COC(=O)CCC/C=C/C/C=C/CCCCCCCCCCC)CO[C@@H]1O[C@H](CO)[C@H](O)C(O)C1O. The Labute approximate surface area is 370 Å². The zero-order chi connectivity index (χ0) is 44.4. The summed E-state index contributed by atoms with van der Waals surface area (Å²) in [6, 6.07) is 0. The number of ether oxygens (including phenoxy) is 4. The van der Waals surface area contributed by atoms with E-state index in [0.717, 1.165) is 57.8 Å². The molecule has 0 radical (unpaired) electrons. The standard InChI is InChI=1S/C51H86O10/c1-3-5-7-9-11-13-15-17-19-21-22-24-26-28-30-32-34-36-38-40-47(54)60-44(43-59-51-50(57)49(56)48(55)45(41-52)61-51)42-58-46(53)39-37-35-33-31-29-27-25-23-20-18-16-14-12-10-8-6-4-2/h11,13,17,19,22,24-25,27-28,30-31,33,44-45,48-52,55-57H,3-10,12,14-16,18,20-21,23,26,29,32,34-43H2,1-2H3/b13-11+,19-17+,24-22+,27-25+,30-28+,33-31+/t44-,45-,48+,49?,50?,51-/m1/s1. The zero-order valence-electron chi connectivity index (χ0n) is 38.1. The van der Waals surface area contributed by atoms with Crippen molar-refractivity contribution in [2.24, 2.45) is 0 Å². The molecule has 1 rings (SSSR count). The van der Waals surface area contributed by atoms with Crippen LogP contribution in [-0.4, -0.2) is 89.0 Å². The average molecular weight is 859 g/mol. The number of allylic oxidation sites excluding steroid dienone is 12. The molecule has 1 aliphatic rings. The predicted octanol–water partition coefficient (Wildman–Crippen LogP) is 10.8. The minimum Gasteiger partial charge on any atom is -0.462 e. The number of aliphatic hydroxyl groups is 4. The van der Waals surface area contributed by atoms with Crippen LogP contribution in [0.25, 0.3) is 0 Å². The number of carbonyl (C=O) groups excluding carboxylic acids is 2. The van der Waals surface area contributed by atoms with Crippen LogP contribution in [0.2, 0.25) is 0 Å². The van der Waals surface area contributed by atoms with Crippen LogP contribution < -0.4 is 0 Å². The molecule has 0 amide bonds. The zero-order valence-corrected chi connectivity index (χ0v) is 38.1. The van der Waals surface area contributed by atoms with Crippen molar-refractivity contribution < 1.29 is 49.0 Å². The Morgan fingerprint density at radius 3 is 1.46 bits per heavy atom. The molecule has 1 aliphatic heterocycles. The maximum atomic E-state index is 12.8. The molecule has 10 heteroatoms. The van der Waals surface area contributed by atoms with E-state index < -0.39 is 55.4 Å². The Bertz CT molecular complexity index is 1220. The molecule has 0 bridgehead atoms. The summed E-state index contributed by atoms with van der Waals surface area (Å²) in [5.41, 5.74) is 0. The van der Waals surface area contributed by atoms with Gasteiger partial charge in [-0.2, -0.15) is 0 Å². The van der Waals surface area contributed by atoms with Crippen LogP contribution >= 0.6 is 0 Å². The summed E-state index contributed by atoms with van der Waals surface area (Å²) >= 11 is 0. The fourth-order valence-electron chi connectivity index (χ4n) is 6.74. The lowest BCUT2D eigenvalue weighted by Gasteiger charge is -2.39. The smallest absolute Gasteiger partial charge is 0.306 e. The van der Waals surface area contributed by atoms with Crippen LogP contribution in [0.1, 0.15) is 181 Å². The maximum absolute atomic E-state index is 12.8. The normalized spacial score (nSPS) is 20.4. The molecule has 0 aromatic rings. The van der Waals surface area contributed by atoms with Gasteiger partial charge in [0.05, 0.1) is 13.2 Å². The fourth-order valence-corrected chi connectivity index (χ4v) is 6.74. The van der Waals surface area contributed by atoms with Gasteiger partial charge in [-0.3, -0.25) is 9.59 Å². The molecule has 0 aromatic carbocycles. The molecule has 4 N–H and O–H groups in total. The lowest BCUT2D eigenvalue weighted by Crippen LogP contribution is -2.59. The molecule has 1 heterocycles. The second kappa shape index (κ2) is 41.2. The number of carbonyl (C=O) groups is 2. The first-order chi connectivity index (χ1) is 29.8. The van der Waals surface area contributed by atoms with Crippen molar-refractivity contribution in [3.8, 4) is 0 Å². The summed E-state index contributed by atoms with van der Waals surface area (Å²) in [6.07, 6.45) is 44.8. The van der Waals surface area contributed by atoms with Gasteiger partial charge in [-0.1, -0.05) is 157 Å². The fraction of sp³-hybridized carbons (Fsp3) is 0.725. The third kappa shape index (κ3) is 32.5. The Kier molecular flexibility index (Phi) is 37.9. The Balaban J connectivity index is 2.37. The Hall–Kier alpha value is -2.86. The van der Waals surface area contributed by atoms with Gasteiger partial charge in [-0.05, 0) is 83.5 Å². The molecule has 2 unspecified atom stereocenters. The van der Waals surface area contributed by atoms with Gasteiger partial charge in [0.25, 0.3) is 0 Å². The predicted molar refractivity (Wildman–Crippen MR) is 247 cm³/mol. The van der Waals surface area contributed by atoms with E-state index in [4.69, 9.17) is 18.9 Å². The first-order valence-corrected chi connectivity index (χ1v) is 24.0. The number of rotatable bonds is 39. The van der Waals surface area contributed by atoms with Crippen molar-refractivity contribution in [1.82, 2.24) is 0 Å². The molecule has 61 heavy (non-hydrogen) atoms. The number of unbranched alkanes of at least 4 members (excludes halogenated alkanes) is 16. The van der Waals surface area contributed by atoms with Crippen molar-refractivity contribution in [3.05, 3.63) is 72.9 Å². The van der Waals surface area contributed by atoms with Gasteiger partial charge in [0.2, 0.25) is 0 Å². The van der Waals surface area contributed by atoms with Gasteiger partial charge in [-0.25, -0.2) is 0 Å². The molecule has 1 fully saturated rings. The molecular formula is C51H86O10. The molecule has 0 aliphatic carbocycles. The molecule has 10 nitrogen and oxygen atoms in total. The maximum Gasteiger partial charge on any atom is 0.306 e. The summed E-state index contributed by atoms with van der Waals surface area (Å²) in [4.78, 5) is 25.4. The second-order valence-electron chi connectivity index (χ2n) is 16.2. The molecule has 0 saturated carbocycles. The van der Waals surface area contributed by atoms with Crippen LogP contribution in [0.15, 0.2) is 72.9 Å². The Morgan fingerprint density at radius 2 is 0.934 bits per heavy atom. The highest BCUT2D eigenvalue weighted by atomic mass is 16.7. The van der Waals surface area contributed by atoms with Gasteiger partial charge >= 0.3 is 11.9 Å². The topological polar surface area (TPSA) is 152 Å². The van der Waals surface area contributed by atoms with E-state index in [1.165, 1.54) is 83.5 Å². The molecular weight excluding hydrogens is 773 g/mol. The summed E-state index contributed by atoms with van der Waals surface area (Å²) in [7, 11) is 0. The molecule has 6 atom stereocenters.